The molecule has 14 heteroatoms. The van der Waals surface area contributed by atoms with Gasteiger partial charge in [0.25, 0.3) is 5.78 Å². The van der Waals surface area contributed by atoms with Crippen LogP contribution in [-0.4, -0.2) is 53.6 Å². The molecule has 42 heavy (non-hydrogen) atoms. The number of fused-ring (bicyclic) bond motifs is 1. The zero-order valence-electron chi connectivity index (χ0n) is 22.7. The third-order valence-corrected chi connectivity index (χ3v) is 7.75. The molecule has 1 fully saturated rings. The first-order valence-electron chi connectivity index (χ1n) is 13.6. The Morgan fingerprint density at radius 1 is 1.05 bits per heavy atom. The summed E-state index contributed by atoms with van der Waals surface area (Å²) in [6.07, 6.45) is -5.70. The van der Waals surface area contributed by atoms with Gasteiger partial charge in [0.2, 0.25) is 0 Å². The summed E-state index contributed by atoms with van der Waals surface area (Å²) in [7, 11) is 0. The molecule has 3 aromatic rings. The molecule has 1 aliphatic carbocycles. The van der Waals surface area contributed by atoms with Crippen molar-refractivity contribution in [3.63, 3.8) is 0 Å². The van der Waals surface area contributed by atoms with Crippen molar-refractivity contribution >= 4 is 11.7 Å². The highest BCUT2D eigenvalue weighted by atomic mass is 19.4. The van der Waals surface area contributed by atoms with E-state index in [4.69, 9.17) is 4.74 Å². The minimum atomic E-state index is -4.65. The van der Waals surface area contributed by atoms with E-state index in [-0.39, 0.29) is 54.3 Å². The number of esters is 1. The van der Waals surface area contributed by atoms with Crippen LogP contribution >= 0.6 is 0 Å². The number of ether oxygens (including phenoxy) is 1. The Hall–Kier alpha value is -3.71. The lowest BCUT2D eigenvalue weighted by Crippen LogP contribution is -2.46. The Kier molecular flexibility index (Phi) is 7.92. The number of hydrogen-bond donors (Lipinski definition) is 1. The molecule has 1 saturated carbocycles. The van der Waals surface area contributed by atoms with Crippen molar-refractivity contribution in [2.24, 2.45) is 5.92 Å². The summed E-state index contributed by atoms with van der Waals surface area (Å²) in [4.78, 5) is 25.4. The van der Waals surface area contributed by atoms with E-state index < -0.39 is 48.2 Å². The van der Waals surface area contributed by atoms with Gasteiger partial charge in [0.05, 0.1) is 18.4 Å². The van der Waals surface area contributed by atoms with E-state index in [1.54, 1.807) is 12.4 Å². The fourth-order valence-electron chi connectivity index (χ4n) is 5.95. The van der Waals surface area contributed by atoms with Crippen LogP contribution in [0.15, 0.2) is 35.9 Å². The number of carbonyl (C=O) groups is 1. The topological polar surface area (TPSA) is 103 Å². The van der Waals surface area contributed by atoms with Gasteiger partial charge in [-0.05, 0) is 61.8 Å². The van der Waals surface area contributed by atoms with Gasteiger partial charge in [-0.1, -0.05) is 12.8 Å². The van der Waals surface area contributed by atoms with Crippen molar-refractivity contribution in [1.82, 2.24) is 24.6 Å². The molecule has 0 amide bonds. The first-order valence-corrected chi connectivity index (χ1v) is 13.6. The van der Waals surface area contributed by atoms with Crippen LogP contribution in [0, 0.1) is 12.8 Å². The monoisotopic (exact) mass is 597 g/mol. The van der Waals surface area contributed by atoms with Crippen molar-refractivity contribution in [3.8, 4) is 0 Å². The van der Waals surface area contributed by atoms with Crippen LogP contribution in [0.3, 0.4) is 0 Å². The van der Waals surface area contributed by atoms with Gasteiger partial charge in [0.1, 0.15) is 11.4 Å². The molecular weight excluding hydrogens is 568 g/mol. The summed E-state index contributed by atoms with van der Waals surface area (Å²) in [5, 5.41) is 15.4. The highest BCUT2D eigenvalue weighted by molar-refractivity contribution is 5.90. The second kappa shape index (κ2) is 11.2. The van der Waals surface area contributed by atoms with Crippen LogP contribution in [-0.2, 0) is 35.2 Å². The number of halogens is 6. The molecular formula is C28H29F6N5O3. The standard InChI is InChI=1S/C28H29F6N5O3/c1-16-14-35-25-37-23(38-39(25)15-16)10-21-22(40)13-26(42-24(21)41,18-4-2-3-5-18)7-6-17-8-19(11-27(29,30)31)36-20(9-17)12-28(32,33)34/h8-9,14-15,18,40H,2-7,10-13H2,1H3. The summed E-state index contributed by atoms with van der Waals surface area (Å²) < 4.78 is 86.0. The van der Waals surface area contributed by atoms with Crippen LogP contribution in [0.1, 0.15) is 66.9 Å². The molecule has 1 atom stereocenters. The molecule has 1 unspecified atom stereocenters. The smallest absolute Gasteiger partial charge is 0.394 e. The number of pyridine rings is 1. The molecule has 8 nitrogen and oxygen atoms in total. The largest absolute Gasteiger partial charge is 0.512 e. The summed E-state index contributed by atoms with van der Waals surface area (Å²) in [6.45, 7) is 1.84. The SMILES string of the molecule is Cc1cnc2nc(CC3=C(O)CC(CCc4cc(CC(F)(F)F)nc(CC(F)(F)F)c4)(C4CCCC4)OC3=O)nn2c1. The molecule has 2 aliphatic rings. The summed E-state index contributed by atoms with van der Waals surface area (Å²) in [5.74, 6) is -0.486. The van der Waals surface area contributed by atoms with E-state index in [0.717, 1.165) is 30.5 Å². The molecule has 0 saturated heterocycles. The number of carbonyl (C=O) groups excluding carboxylic acids is 1. The van der Waals surface area contributed by atoms with Crippen LogP contribution in [0.2, 0.25) is 0 Å². The van der Waals surface area contributed by atoms with Gasteiger partial charge in [-0.3, -0.25) is 4.98 Å². The summed E-state index contributed by atoms with van der Waals surface area (Å²) >= 11 is 0. The molecule has 0 bridgehead atoms. The zero-order chi connectivity index (χ0) is 30.3. The maximum Gasteiger partial charge on any atom is 0.394 e. The maximum absolute atomic E-state index is 13.3. The second-order valence-corrected chi connectivity index (χ2v) is 11.2. The molecule has 1 N–H and O–H groups in total. The van der Waals surface area contributed by atoms with Crippen LogP contribution in [0.4, 0.5) is 26.3 Å². The summed E-state index contributed by atoms with van der Waals surface area (Å²) in [6, 6.07) is 2.29. The number of hydrogen-bond acceptors (Lipinski definition) is 7. The average Bonchev–Trinajstić information content (AvgIpc) is 3.53. The van der Waals surface area contributed by atoms with Crippen LogP contribution in [0.25, 0.3) is 5.78 Å². The van der Waals surface area contributed by atoms with E-state index >= 15 is 0 Å². The van der Waals surface area contributed by atoms with E-state index in [9.17, 15) is 36.2 Å². The molecule has 0 radical (unpaired) electrons. The van der Waals surface area contributed by atoms with Gasteiger partial charge in [0, 0.05) is 36.6 Å². The Morgan fingerprint density at radius 3 is 2.29 bits per heavy atom. The normalized spacial score (nSPS) is 20.5. The van der Waals surface area contributed by atoms with Crippen molar-refractivity contribution in [3.05, 3.63) is 64.2 Å². The minimum Gasteiger partial charge on any atom is -0.512 e. The first-order chi connectivity index (χ1) is 19.7. The molecule has 0 spiro atoms. The Morgan fingerprint density at radius 2 is 1.69 bits per heavy atom. The average molecular weight is 598 g/mol. The van der Waals surface area contributed by atoms with E-state index in [1.165, 1.54) is 4.52 Å². The highest BCUT2D eigenvalue weighted by Crippen LogP contribution is 2.46. The fraction of sp³-hybridized carbons (Fsp3) is 0.536. The van der Waals surface area contributed by atoms with Gasteiger partial charge in [0.15, 0.2) is 5.82 Å². The number of aliphatic hydroxyl groups is 1. The van der Waals surface area contributed by atoms with Crippen LogP contribution in [0.5, 0.6) is 0 Å². The third kappa shape index (κ3) is 7.01. The lowest BCUT2D eigenvalue weighted by Gasteiger charge is -2.41. The van der Waals surface area contributed by atoms with Crippen LogP contribution < -0.4 is 0 Å². The highest BCUT2D eigenvalue weighted by Gasteiger charge is 2.48. The Balaban J connectivity index is 1.41. The van der Waals surface area contributed by atoms with Gasteiger partial charge in [-0.2, -0.15) is 31.3 Å². The molecule has 5 rings (SSSR count). The fourth-order valence-corrected chi connectivity index (χ4v) is 5.95. The quantitative estimate of drug-likeness (QED) is 0.255. The zero-order valence-corrected chi connectivity index (χ0v) is 22.7. The van der Waals surface area contributed by atoms with Crippen molar-refractivity contribution in [2.45, 2.75) is 89.1 Å². The molecule has 3 aromatic heterocycles. The molecule has 4 heterocycles. The Labute approximate surface area is 236 Å². The summed E-state index contributed by atoms with van der Waals surface area (Å²) in [5.41, 5.74) is -1.11. The van der Waals surface area contributed by atoms with Gasteiger partial charge in [-0.25, -0.2) is 14.3 Å². The van der Waals surface area contributed by atoms with E-state index in [0.29, 0.717) is 18.6 Å². The number of alkyl halides is 6. The Bertz CT molecular complexity index is 1480. The van der Waals surface area contributed by atoms with Gasteiger partial charge in [-0.15, -0.1) is 5.10 Å². The second-order valence-electron chi connectivity index (χ2n) is 11.2. The van der Waals surface area contributed by atoms with E-state index in [1.807, 2.05) is 6.92 Å². The predicted molar refractivity (Wildman–Crippen MR) is 136 cm³/mol. The molecule has 1 aliphatic heterocycles. The lowest BCUT2D eigenvalue weighted by molar-refractivity contribution is -0.167. The van der Waals surface area contributed by atoms with Gasteiger partial charge < -0.3 is 9.84 Å². The maximum atomic E-state index is 13.3. The number of nitrogens with zero attached hydrogens (tertiary/aromatic N) is 5. The number of cyclic esters (lactones) is 1. The number of aryl methyl sites for hydroxylation is 2. The number of aliphatic hydroxyl groups excluding tert-OH is 1. The molecule has 0 aromatic carbocycles. The predicted octanol–water partition coefficient (Wildman–Crippen LogP) is 5.90. The van der Waals surface area contributed by atoms with Crippen molar-refractivity contribution in [1.29, 1.82) is 0 Å². The first kappa shape index (κ1) is 29.8. The third-order valence-electron chi connectivity index (χ3n) is 7.75. The lowest BCUT2D eigenvalue weighted by atomic mass is 9.76. The number of aromatic nitrogens is 5. The van der Waals surface area contributed by atoms with Crippen molar-refractivity contribution < 1.29 is 41.0 Å². The number of rotatable bonds is 8. The van der Waals surface area contributed by atoms with E-state index in [2.05, 4.69) is 20.1 Å². The van der Waals surface area contributed by atoms with Crippen molar-refractivity contribution in [2.75, 3.05) is 0 Å². The van der Waals surface area contributed by atoms with Gasteiger partial charge >= 0.3 is 18.3 Å². The minimum absolute atomic E-state index is 0.0000815. The molecule has 226 valence electrons.